The smallest absolute Gasteiger partial charge is 0.248 e. The van der Waals surface area contributed by atoms with Gasteiger partial charge in [-0.2, -0.15) is 0 Å². The molecule has 3 rings (SSSR count). The van der Waals surface area contributed by atoms with Crippen LogP contribution >= 0.6 is 0 Å². The number of hydrogen-bond acceptors (Lipinski definition) is 1. The van der Waals surface area contributed by atoms with E-state index in [1.807, 2.05) is 18.2 Å². The van der Waals surface area contributed by atoms with Crippen molar-refractivity contribution >= 4 is 17.6 Å². The highest BCUT2D eigenvalue weighted by Crippen LogP contribution is 2.22. The molecule has 1 fully saturated rings. The molecule has 1 heterocycles. The maximum Gasteiger partial charge on any atom is 0.248 e. The summed E-state index contributed by atoms with van der Waals surface area (Å²) in [6, 6.07) is 8.12. The molecule has 1 atom stereocenters. The predicted molar refractivity (Wildman–Crippen MR) is 54.7 cm³/mol. The van der Waals surface area contributed by atoms with Gasteiger partial charge in [-0.3, -0.25) is 4.79 Å². The Morgan fingerprint density at radius 2 is 2.14 bits per heavy atom. The molecule has 1 aliphatic carbocycles. The molecule has 2 aliphatic rings. The largest absolute Gasteiger partial charge is 0.352 e. The third kappa shape index (κ3) is 0.939. The second-order valence-electron chi connectivity index (χ2n) is 3.85. The Morgan fingerprint density at radius 3 is 3.07 bits per heavy atom. The highest BCUT2D eigenvalue weighted by molar-refractivity contribution is 6.16. The molecular weight excluding hydrogens is 174 g/mol. The van der Waals surface area contributed by atoms with Crippen molar-refractivity contribution in [2.24, 2.45) is 5.92 Å². The third-order valence-corrected chi connectivity index (χ3v) is 3.04. The average molecular weight is 185 g/mol. The van der Waals surface area contributed by atoms with E-state index >= 15 is 0 Å². The topological polar surface area (TPSA) is 29.1 Å². The van der Waals surface area contributed by atoms with Crippen LogP contribution in [0, 0.1) is 5.92 Å². The average Bonchev–Trinajstić information content (AvgIpc) is 2.61. The van der Waals surface area contributed by atoms with Crippen molar-refractivity contribution in [3.8, 4) is 0 Å². The lowest BCUT2D eigenvalue weighted by Gasteiger charge is -2.10. The van der Waals surface area contributed by atoms with Gasteiger partial charge in [-0.25, -0.2) is 0 Å². The van der Waals surface area contributed by atoms with Gasteiger partial charge in [0, 0.05) is 18.0 Å². The van der Waals surface area contributed by atoms with Gasteiger partial charge in [0.05, 0.1) is 0 Å². The van der Waals surface area contributed by atoms with E-state index in [1.54, 1.807) is 0 Å². The predicted octanol–water partition coefficient (Wildman–Crippen LogP) is -0.233. The van der Waals surface area contributed by atoms with Gasteiger partial charge >= 0.3 is 0 Å². The Morgan fingerprint density at radius 1 is 1.29 bits per heavy atom. The number of benzene rings is 1. The van der Waals surface area contributed by atoms with Gasteiger partial charge in [-0.1, -0.05) is 30.3 Å². The number of fused-ring (bicyclic) bond motifs is 2. The minimum Gasteiger partial charge on any atom is -0.352 e. The van der Waals surface area contributed by atoms with E-state index in [2.05, 4.69) is 17.5 Å². The first-order valence-electron chi connectivity index (χ1n) is 4.94. The summed E-state index contributed by atoms with van der Waals surface area (Å²) >= 11 is 0. The van der Waals surface area contributed by atoms with Crippen LogP contribution in [-0.2, 0) is 4.79 Å². The summed E-state index contributed by atoms with van der Waals surface area (Å²) in [5.74, 6) is 0.521. The highest BCUT2D eigenvalue weighted by Gasteiger charge is 2.29. The van der Waals surface area contributed by atoms with Crippen LogP contribution in [0.2, 0.25) is 0 Å². The van der Waals surface area contributed by atoms with E-state index in [-0.39, 0.29) is 5.91 Å². The lowest BCUT2D eigenvalue weighted by molar-refractivity contribution is -0.114. The second-order valence-corrected chi connectivity index (χ2v) is 3.85. The lowest BCUT2D eigenvalue weighted by atomic mass is 9.91. The molecule has 0 radical (unpaired) electrons. The second kappa shape index (κ2) is 2.71. The molecule has 1 N–H and O–H groups in total. The summed E-state index contributed by atoms with van der Waals surface area (Å²) in [6.45, 7) is 0.805. The van der Waals surface area contributed by atoms with Gasteiger partial charge in [0.1, 0.15) is 0 Å². The van der Waals surface area contributed by atoms with Crippen molar-refractivity contribution in [3.63, 3.8) is 0 Å². The van der Waals surface area contributed by atoms with Crippen molar-refractivity contribution in [1.82, 2.24) is 5.32 Å². The molecule has 1 saturated heterocycles. The fraction of sp³-hybridized carbons (Fsp3) is 0.250. The number of carbonyl (C=O) groups is 1. The Balaban J connectivity index is 2.43. The summed E-state index contributed by atoms with van der Waals surface area (Å²) in [4.78, 5) is 11.6. The van der Waals surface area contributed by atoms with Gasteiger partial charge < -0.3 is 5.32 Å². The van der Waals surface area contributed by atoms with Gasteiger partial charge in [0.2, 0.25) is 5.91 Å². The van der Waals surface area contributed by atoms with Gasteiger partial charge in [-0.05, 0) is 16.9 Å². The Labute approximate surface area is 81.9 Å². The van der Waals surface area contributed by atoms with Crippen LogP contribution in [0.4, 0.5) is 0 Å². The van der Waals surface area contributed by atoms with E-state index in [9.17, 15) is 4.79 Å². The normalized spacial score (nSPS) is 23.6. The summed E-state index contributed by atoms with van der Waals surface area (Å²) < 4.78 is 0. The van der Waals surface area contributed by atoms with Crippen LogP contribution < -0.4 is 15.8 Å². The molecule has 0 aromatic heterocycles. The van der Waals surface area contributed by atoms with E-state index in [0.717, 1.165) is 23.8 Å². The molecule has 70 valence electrons. The Bertz CT molecular complexity index is 515. The van der Waals surface area contributed by atoms with Crippen LogP contribution in [-0.4, -0.2) is 12.5 Å². The van der Waals surface area contributed by atoms with Crippen LogP contribution in [0.15, 0.2) is 24.3 Å². The number of amides is 1. The zero-order valence-electron chi connectivity index (χ0n) is 7.79. The fourth-order valence-corrected chi connectivity index (χ4v) is 2.33. The van der Waals surface area contributed by atoms with E-state index < -0.39 is 0 Å². The van der Waals surface area contributed by atoms with Crippen LogP contribution in [0.5, 0.6) is 0 Å². The third-order valence-electron chi connectivity index (χ3n) is 3.04. The molecule has 0 bridgehead atoms. The molecule has 1 aromatic rings. The first-order chi connectivity index (χ1) is 6.86. The molecule has 2 heteroatoms. The van der Waals surface area contributed by atoms with Crippen molar-refractivity contribution in [2.45, 2.75) is 6.42 Å². The molecule has 2 nitrogen and oxygen atoms in total. The molecule has 1 aromatic carbocycles. The number of nitrogens with one attached hydrogen (secondary N) is 1. The van der Waals surface area contributed by atoms with E-state index in [1.165, 1.54) is 5.22 Å². The summed E-state index contributed by atoms with van der Waals surface area (Å²) in [5.41, 5.74) is 0.989. The van der Waals surface area contributed by atoms with E-state index in [0.29, 0.717) is 5.92 Å². The number of carbonyl (C=O) groups excluding carboxylic acids is 1. The monoisotopic (exact) mass is 185 g/mol. The molecule has 14 heavy (non-hydrogen) atoms. The molecule has 0 saturated carbocycles. The number of rotatable bonds is 0. The van der Waals surface area contributed by atoms with Crippen LogP contribution in [0.1, 0.15) is 6.42 Å². The van der Waals surface area contributed by atoms with E-state index in [4.69, 9.17) is 0 Å². The lowest BCUT2D eigenvalue weighted by Crippen LogP contribution is -2.33. The molecule has 1 unspecified atom stereocenters. The Kier molecular flexibility index (Phi) is 1.51. The summed E-state index contributed by atoms with van der Waals surface area (Å²) in [6.07, 6.45) is 3.22. The minimum absolute atomic E-state index is 0.121. The van der Waals surface area contributed by atoms with Crippen molar-refractivity contribution in [3.05, 3.63) is 34.7 Å². The SMILES string of the molecule is O=C1NCC2CC=c3ccccc3=C12. The van der Waals surface area contributed by atoms with Crippen LogP contribution in [0.25, 0.3) is 11.6 Å². The van der Waals surface area contributed by atoms with Gasteiger partial charge in [0.25, 0.3) is 0 Å². The zero-order valence-corrected chi connectivity index (χ0v) is 7.79. The molecule has 1 amide bonds. The van der Waals surface area contributed by atoms with Crippen molar-refractivity contribution in [2.75, 3.05) is 6.54 Å². The summed E-state index contributed by atoms with van der Waals surface area (Å²) in [5, 5.41) is 5.23. The standard InChI is InChI=1S/C12H11NO/c14-12-11-9(7-13-12)6-5-8-3-1-2-4-10(8)11/h1-5,9H,6-7H2,(H,13,14). The zero-order chi connectivity index (χ0) is 9.54. The molecule has 1 aliphatic heterocycles. The van der Waals surface area contributed by atoms with Crippen molar-refractivity contribution in [1.29, 1.82) is 0 Å². The minimum atomic E-state index is 0.121. The quantitative estimate of drug-likeness (QED) is 0.594. The fourth-order valence-electron chi connectivity index (χ4n) is 2.33. The Hall–Kier alpha value is -1.57. The number of hydrogen-bond donors (Lipinski definition) is 1. The summed E-state index contributed by atoms with van der Waals surface area (Å²) in [7, 11) is 0. The highest BCUT2D eigenvalue weighted by atomic mass is 16.2. The molecule has 0 spiro atoms. The molecular formula is C12H11NO. The van der Waals surface area contributed by atoms with Crippen LogP contribution in [0.3, 0.4) is 0 Å². The first kappa shape index (κ1) is 7.80. The van der Waals surface area contributed by atoms with Crippen molar-refractivity contribution < 1.29 is 4.79 Å². The maximum absolute atomic E-state index is 11.6. The van der Waals surface area contributed by atoms with Gasteiger partial charge in [0.15, 0.2) is 0 Å². The van der Waals surface area contributed by atoms with Gasteiger partial charge in [-0.15, -0.1) is 0 Å². The maximum atomic E-state index is 11.6. The first-order valence-corrected chi connectivity index (χ1v) is 4.94.